The fraction of sp³-hybridized carbons (Fsp3) is 0.487. The van der Waals surface area contributed by atoms with Gasteiger partial charge in [-0.2, -0.15) is 0 Å². The number of hydrogen-bond acceptors (Lipinski definition) is 6. The molecule has 11 heteroatoms. The number of nitrogens with zero attached hydrogens (tertiary/aromatic N) is 4. The molecule has 2 aliphatic rings. The number of nitrogens with two attached hydrogens (primary N) is 1. The van der Waals surface area contributed by atoms with Crippen LogP contribution in [0.25, 0.3) is 22.2 Å². The number of likely N-dealkylation sites (tertiary alicyclic amines) is 1. The Morgan fingerprint density at radius 2 is 1.66 bits per heavy atom. The van der Waals surface area contributed by atoms with Gasteiger partial charge in [-0.05, 0) is 105 Å². The van der Waals surface area contributed by atoms with Gasteiger partial charge in [-0.3, -0.25) is 23.5 Å². The third-order valence-electron chi connectivity index (χ3n) is 10.9. The van der Waals surface area contributed by atoms with Gasteiger partial charge in [-0.1, -0.05) is 13.0 Å². The van der Waals surface area contributed by atoms with Gasteiger partial charge < -0.3 is 25.3 Å². The van der Waals surface area contributed by atoms with Crippen molar-refractivity contribution in [3.8, 4) is 11.1 Å². The van der Waals surface area contributed by atoms with Gasteiger partial charge in [0.05, 0.1) is 11.0 Å². The van der Waals surface area contributed by atoms with Gasteiger partial charge in [0.25, 0.3) is 5.56 Å². The predicted octanol–water partition coefficient (Wildman–Crippen LogP) is 4.89. The lowest BCUT2D eigenvalue weighted by molar-refractivity contribution is -0.132. The molecular weight excluding hydrogens is 632 g/mol. The summed E-state index contributed by atoms with van der Waals surface area (Å²) in [5, 5.41) is 0. The van der Waals surface area contributed by atoms with Crippen LogP contribution in [0.1, 0.15) is 90.3 Å². The number of piperidine rings is 1. The first-order chi connectivity index (χ1) is 23.9. The van der Waals surface area contributed by atoms with Crippen LogP contribution in [-0.2, 0) is 23.0 Å². The number of primary amides is 1. The first kappa shape index (κ1) is 35.2. The number of anilines is 1. The number of fused-ring (bicyclic) bond motifs is 1. The second kappa shape index (κ2) is 14.3. The third kappa shape index (κ3) is 6.39. The van der Waals surface area contributed by atoms with Crippen LogP contribution in [0.2, 0.25) is 0 Å². The number of amides is 2. The lowest BCUT2D eigenvalue weighted by Gasteiger charge is -2.38. The largest absolute Gasteiger partial charge is 0.381 e. The van der Waals surface area contributed by atoms with Crippen LogP contribution in [0, 0.1) is 20.8 Å². The number of carbonyl (C=O) groups excluding carboxylic acids is 2. The zero-order chi connectivity index (χ0) is 35.9. The number of rotatable bonds is 9. The highest BCUT2D eigenvalue weighted by Crippen LogP contribution is 2.41. The Kier molecular flexibility index (Phi) is 10.1. The number of benzene rings is 2. The highest BCUT2D eigenvalue weighted by atomic mass is 16.5. The molecule has 0 saturated carbocycles. The topological polar surface area (TPSA) is 136 Å². The Bertz CT molecular complexity index is 2060. The smallest absolute Gasteiger partial charge is 0.329 e. The van der Waals surface area contributed by atoms with E-state index >= 15 is 0 Å². The van der Waals surface area contributed by atoms with E-state index in [1.165, 1.54) is 0 Å². The van der Waals surface area contributed by atoms with Crippen molar-refractivity contribution in [3.05, 3.63) is 84.7 Å². The van der Waals surface area contributed by atoms with Crippen LogP contribution < -0.4 is 21.9 Å². The highest BCUT2D eigenvalue weighted by molar-refractivity contribution is 5.99. The molecule has 2 amide bonds. The molecule has 4 aromatic rings. The number of nitrogens with one attached hydrogen (secondary N) is 1. The number of aromatic nitrogens is 3. The number of aromatic amines is 1. The molecule has 0 radical (unpaired) electrons. The summed E-state index contributed by atoms with van der Waals surface area (Å²) in [7, 11) is 1.79. The summed E-state index contributed by atoms with van der Waals surface area (Å²) in [4.78, 5) is 60.1. The van der Waals surface area contributed by atoms with Crippen molar-refractivity contribution in [1.29, 1.82) is 0 Å². The second-order valence-electron chi connectivity index (χ2n) is 13.9. The number of imidazole rings is 1. The molecule has 6 rings (SSSR count). The van der Waals surface area contributed by atoms with E-state index in [4.69, 9.17) is 10.5 Å². The monoisotopic (exact) mass is 682 g/mol. The fourth-order valence-corrected chi connectivity index (χ4v) is 8.26. The van der Waals surface area contributed by atoms with E-state index in [1.807, 2.05) is 67.5 Å². The van der Waals surface area contributed by atoms with Gasteiger partial charge in [0.2, 0.25) is 11.8 Å². The molecule has 3 N–H and O–H groups in total. The Hall–Kier alpha value is -4.64. The molecule has 2 aromatic carbocycles. The maximum absolute atomic E-state index is 13.8. The Morgan fingerprint density at radius 3 is 2.28 bits per heavy atom. The van der Waals surface area contributed by atoms with Crippen LogP contribution >= 0.6 is 0 Å². The summed E-state index contributed by atoms with van der Waals surface area (Å²) in [6.07, 6.45) is 3.87. The Labute approximate surface area is 293 Å². The number of pyridine rings is 1. The van der Waals surface area contributed by atoms with Crippen LogP contribution in [0.4, 0.5) is 5.69 Å². The van der Waals surface area contributed by atoms with Gasteiger partial charge in [-0.15, -0.1) is 0 Å². The zero-order valence-electron chi connectivity index (χ0n) is 30.2. The van der Waals surface area contributed by atoms with Crippen molar-refractivity contribution in [2.24, 2.45) is 12.8 Å². The first-order valence-electron chi connectivity index (χ1n) is 17.9. The maximum Gasteiger partial charge on any atom is 0.329 e. The van der Waals surface area contributed by atoms with Crippen molar-refractivity contribution in [3.63, 3.8) is 0 Å². The molecule has 2 fully saturated rings. The summed E-state index contributed by atoms with van der Waals surface area (Å²) in [6.45, 7) is 13.0. The molecule has 4 heterocycles. The summed E-state index contributed by atoms with van der Waals surface area (Å²) in [5.41, 5.74) is 14.5. The van der Waals surface area contributed by atoms with E-state index in [0.717, 1.165) is 63.1 Å². The quantitative estimate of drug-likeness (QED) is 0.258. The number of carbonyl (C=O) groups is 2. The van der Waals surface area contributed by atoms with E-state index in [1.54, 1.807) is 11.6 Å². The molecule has 50 heavy (non-hydrogen) atoms. The van der Waals surface area contributed by atoms with Gasteiger partial charge in [-0.25, -0.2) is 4.79 Å². The molecule has 0 aliphatic carbocycles. The molecule has 266 valence electrons. The molecule has 2 aliphatic heterocycles. The first-order valence-corrected chi connectivity index (χ1v) is 17.9. The van der Waals surface area contributed by atoms with Crippen LogP contribution in [0.3, 0.4) is 0 Å². The lowest BCUT2D eigenvalue weighted by atomic mass is 9.86. The zero-order valence-corrected chi connectivity index (χ0v) is 30.2. The number of aryl methyl sites for hydroxylation is 3. The van der Waals surface area contributed by atoms with Crippen LogP contribution in [0.15, 0.2) is 39.9 Å². The fourth-order valence-electron chi connectivity index (χ4n) is 8.26. The molecule has 0 unspecified atom stereocenters. The van der Waals surface area contributed by atoms with E-state index in [9.17, 15) is 19.2 Å². The van der Waals surface area contributed by atoms with Gasteiger partial charge in [0.15, 0.2) is 0 Å². The Balaban J connectivity index is 1.59. The average molecular weight is 683 g/mol. The van der Waals surface area contributed by atoms with Crippen molar-refractivity contribution < 1.29 is 14.3 Å². The van der Waals surface area contributed by atoms with Crippen molar-refractivity contribution in [2.75, 3.05) is 37.7 Å². The minimum atomic E-state index is -0.518. The standard InChI is InChI=1S/C39H50N6O5/c1-7-35(46)43-15-11-28(12-16-43)45-34-20-26(9-10-33(34)42(6)39(45)49)31-22-30(37(40)47)25(5)36(44(8-2)27-13-17-50-18-14-27)32(31)21-29-23(3)19-24(4)41-38(29)48/h9-10,19-20,22,27-28H,7-8,11-18,21H2,1-6H3,(H2,40,47)(H,41,48). The summed E-state index contributed by atoms with van der Waals surface area (Å²) >= 11 is 0. The van der Waals surface area contributed by atoms with Gasteiger partial charge in [0.1, 0.15) is 0 Å². The maximum atomic E-state index is 13.8. The van der Waals surface area contributed by atoms with Crippen LogP contribution in [-0.4, -0.2) is 69.7 Å². The van der Waals surface area contributed by atoms with E-state index in [0.29, 0.717) is 69.7 Å². The molecular formula is C39H50N6O5. The third-order valence-corrected chi connectivity index (χ3v) is 10.9. The minimum Gasteiger partial charge on any atom is -0.381 e. The van der Waals surface area contributed by atoms with Crippen molar-refractivity contribution >= 4 is 28.5 Å². The second-order valence-corrected chi connectivity index (χ2v) is 13.9. The number of ether oxygens (including phenoxy) is 1. The SMILES string of the molecule is CCC(=O)N1CCC(n2c(=O)n(C)c3ccc(-c4cc(C(N)=O)c(C)c(N(CC)C5CCOCC5)c4Cc4c(C)cc(C)[nH]c4=O)cc32)CC1. The van der Waals surface area contributed by atoms with E-state index in [-0.39, 0.29) is 29.2 Å². The average Bonchev–Trinajstić information content (AvgIpc) is 3.35. The lowest BCUT2D eigenvalue weighted by Crippen LogP contribution is -2.41. The molecule has 11 nitrogen and oxygen atoms in total. The normalized spacial score (nSPS) is 15.9. The van der Waals surface area contributed by atoms with Gasteiger partial charge >= 0.3 is 5.69 Å². The highest BCUT2D eigenvalue weighted by Gasteiger charge is 2.30. The summed E-state index contributed by atoms with van der Waals surface area (Å²) < 4.78 is 9.28. The molecule has 0 atom stereocenters. The van der Waals surface area contributed by atoms with E-state index < -0.39 is 5.91 Å². The predicted molar refractivity (Wildman–Crippen MR) is 197 cm³/mol. The van der Waals surface area contributed by atoms with Gasteiger partial charge in [0, 0.05) is 87.3 Å². The number of H-pyrrole nitrogens is 1. The Morgan fingerprint density at radius 1 is 0.960 bits per heavy atom. The molecule has 2 aromatic heterocycles. The molecule has 0 spiro atoms. The molecule has 2 saturated heterocycles. The minimum absolute atomic E-state index is 0.0607. The summed E-state index contributed by atoms with van der Waals surface area (Å²) in [6, 6.07) is 9.99. The molecule has 0 bridgehead atoms. The van der Waals surface area contributed by atoms with E-state index in [2.05, 4.69) is 16.8 Å². The van der Waals surface area contributed by atoms with Crippen molar-refractivity contribution in [2.45, 2.75) is 85.2 Å². The summed E-state index contributed by atoms with van der Waals surface area (Å²) in [5.74, 6) is -0.386. The number of hydrogen-bond donors (Lipinski definition) is 2. The van der Waals surface area contributed by atoms with Crippen LogP contribution in [0.5, 0.6) is 0 Å². The van der Waals surface area contributed by atoms with Crippen molar-refractivity contribution in [1.82, 2.24) is 19.0 Å².